The van der Waals surface area contributed by atoms with Gasteiger partial charge in [-0.1, -0.05) is 0 Å². The molecule has 1 atom stereocenters. The molecule has 1 aliphatic rings. The van der Waals surface area contributed by atoms with Crippen LogP contribution in [-0.4, -0.2) is 90.0 Å². The Hall–Kier alpha value is -0.120. The Morgan fingerprint density at radius 3 is 2.71 bits per heavy atom. The number of nitrogens with zero attached hydrogens (tertiary/aromatic N) is 3. The van der Waals surface area contributed by atoms with E-state index >= 15 is 0 Å². The van der Waals surface area contributed by atoms with Crippen molar-refractivity contribution in [3.63, 3.8) is 0 Å². The van der Waals surface area contributed by atoms with Gasteiger partial charge in [0.05, 0.1) is 13.2 Å². The Balaban J connectivity index is 0.00000400. The Kier molecular flexibility index (Phi) is 12.4. The largest absolute Gasteiger partial charge is 0.384 e. The quantitative estimate of drug-likeness (QED) is 0.361. The van der Waals surface area contributed by atoms with E-state index in [-0.39, 0.29) is 24.0 Å². The van der Waals surface area contributed by atoms with Crippen molar-refractivity contribution in [1.29, 1.82) is 0 Å². The number of aliphatic imine (C=N–C) groups is 1. The minimum atomic E-state index is 0. The fourth-order valence-electron chi connectivity index (χ4n) is 2.45. The second-order valence-electron chi connectivity index (χ2n) is 5.33. The standard InChI is InChI=1S/C14H30N4O2.HI/c1-15-14(16-6-8-17(2)9-10-19-3)18-7-5-13(11-18)12-20-4;/h13H,5-12H2,1-4H3,(H,15,16);1H. The summed E-state index contributed by atoms with van der Waals surface area (Å²) in [7, 11) is 7.46. The number of rotatable bonds is 8. The molecule has 1 saturated heterocycles. The first-order chi connectivity index (χ1) is 9.71. The molecule has 6 nitrogen and oxygen atoms in total. The predicted molar refractivity (Wildman–Crippen MR) is 97.7 cm³/mol. The summed E-state index contributed by atoms with van der Waals surface area (Å²) in [5.74, 6) is 1.63. The van der Waals surface area contributed by atoms with Crippen molar-refractivity contribution in [2.24, 2.45) is 10.9 Å². The number of ether oxygens (including phenoxy) is 2. The topological polar surface area (TPSA) is 49.3 Å². The van der Waals surface area contributed by atoms with Crippen molar-refractivity contribution in [1.82, 2.24) is 15.1 Å². The lowest BCUT2D eigenvalue weighted by atomic mass is 10.1. The monoisotopic (exact) mass is 414 g/mol. The van der Waals surface area contributed by atoms with Gasteiger partial charge in [0.1, 0.15) is 0 Å². The first kappa shape index (κ1) is 20.9. The molecule has 126 valence electrons. The van der Waals surface area contributed by atoms with Crippen LogP contribution in [0.4, 0.5) is 0 Å². The molecule has 0 radical (unpaired) electrons. The van der Waals surface area contributed by atoms with Gasteiger partial charge in [0.25, 0.3) is 0 Å². The summed E-state index contributed by atoms with van der Waals surface area (Å²) in [5, 5.41) is 3.43. The molecule has 0 spiro atoms. The minimum absolute atomic E-state index is 0. The third-order valence-corrected chi connectivity index (χ3v) is 3.65. The maximum atomic E-state index is 5.23. The van der Waals surface area contributed by atoms with E-state index in [2.05, 4.69) is 27.2 Å². The second-order valence-corrected chi connectivity index (χ2v) is 5.33. The predicted octanol–water partition coefficient (Wildman–Crippen LogP) is 0.726. The van der Waals surface area contributed by atoms with E-state index in [0.717, 1.165) is 51.9 Å². The van der Waals surface area contributed by atoms with Crippen molar-refractivity contribution in [2.75, 3.05) is 74.3 Å². The number of likely N-dealkylation sites (N-methyl/N-ethyl adjacent to an activating group) is 1. The molecule has 21 heavy (non-hydrogen) atoms. The van der Waals surface area contributed by atoms with Gasteiger partial charge in [-0.3, -0.25) is 4.99 Å². The van der Waals surface area contributed by atoms with Crippen molar-refractivity contribution >= 4 is 29.9 Å². The van der Waals surface area contributed by atoms with Crippen molar-refractivity contribution in [3.05, 3.63) is 0 Å². The van der Waals surface area contributed by atoms with Crippen LogP contribution in [0.5, 0.6) is 0 Å². The van der Waals surface area contributed by atoms with E-state index in [1.54, 1.807) is 14.2 Å². The first-order valence-electron chi connectivity index (χ1n) is 7.33. The van der Waals surface area contributed by atoms with Crippen molar-refractivity contribution < 1.29 is 9.47 Å². The van der Waals surface area contributed by atoms with Gasteiger partial charge in [-0.25, -0.2) is 0 Å². The summed E-state index contributed by atoms with van der Waals surface area (Å²) >= 11 is 0. The van der Waals surface area contributed by atoms with Gasteiger partial charge in [0.15, 0.2) is 5.96 Å². The lowest BCUT2D eigenvalue weighted by Gasteiger charge is -2.23. The Morgan fingerprint density at radius 2 is 2.10 bits per heavy atom. The molecule has 1 rings (SSSR count). The average Bonchev–Trinajstić information content (AvgIpc) is 2.90. The molecule has 0 aromatic heterocycles. The van der Waals surface area contributed by atoms with Crippen molar-refractivity contribution in [3.8, 4) is 0 Å². The van der Waals surface area contributed by atoms with Gasteiger partial charge in [-0.05, 0) is 13.5 Å². The van der Waals surface area contributed by atoms with E-state index in [1.807, 2.05) is 7.05 Å². The molecule has 1 heterocycles. The molecule has 0 aromatic rings. The zero-order chi connectivity index (χ0) is 14.8. The van der Waals surface area contributed by atoms with E-state index in [0.29, 0.717) is 5.92 Å². The van der Waals surface area contributed by atoms with Crippen LogP contribution in [-0.2, 0) is 9.47 Å². The van der Waals surface area contributed by atoms with Crippen LogP contribution < -0.4 is 5.32 Å². The van der Waals surface area contributed by atoms with Crippen molar-refractivity contribution in [2.45, 2.75) is 6.42 Å². The van der Waals surface area contributed by atoms with Gasteiger partial charge < -0.3 is 24.6 Å². The van der Waals surface area contributed by atoms with Crippen LogP contribution in [0.25, 0.3) is 0 Å². The van der Waals surface area contributed by atoms with Crippen LogP contribution in [0.2, 0.25) is 0 Å². The highest BCUT2D eigenvalue weighted by Gasteiger charge is 2.24. The lowest BCUT2D eigenvalue weighted by molar-refractivity contribution is 0.157. The van der Waals surface area contributed by atoms with Crippen LogP contribution in [0.3, 0.4) is 0 Å². The van der Waals surface area contributed by atoms with E-state index < -0.39 is 0 Å². The zero-order valence-corrected chi connectivity index (χ0v) is 16.1. The summed E-state index contributed by atoms with van der Waals surface area (Å²) in [6.07, 6.45) is 1.18. The van der Waals surface area contributed by atoms with E-state index in [1.165, 1.54) is 6.42 Å². The average molecular weight is 414 g/mol. The van der Waals surface area contributed by atoms with Gasteiger partial charge >= 0.3 is 0 Å². The molecule has 1 N–H and O–H groups in total. The fourth-order valence-corrected chi connectivity index (χ4v) is 2.45. The summed E-state index contributed by atoms with van der Waals surface area (Å²) < 4.78 is 10.3. The Labute approximate surface area is 146 Å². The number of hydrogen-bond donors (Lipinski definition) is 1. The number of guanidine groups is 1. The van der Waals surface area contributed by atoms with Gasteiger partial charge in [-0.2, -0.15) is 0 Å². The summed E-state index contributed by atoms with van der Waals surface area (Å²) in [4.78, 5) is 8.94. The highest BCUT2D eigenvalue weighted by Crippen LogP contribution is 2.16. The van der Waals surface area contributed by atoms with Crippen LogP contribution in [0.1, 0.15) is 6.42 Å². The fraction of sp³-hybridized carbons (Fsp3) is 0.929. The molecule has 7 heteroatoms. The highest BCUT2D eigenvalue weighted by atomic mass is 127. The van der Waals surface area contributed by atoms with Gasteiger partial charge in [-0.15, -0.1) is 24.0 Å². The molecule has 0 aliphatic carbocycles. The number of methoxy groups -OCH3 is 2. The smallest absolute Gasteiger partial charge is 0.193 e. The number of likely N-dealkylation sites (tertiary alicyclic amines) is 1. The van der Waals surface area contributed by atoms with Crippen LogP contribution >= 0.6 is 24.0 Å². The molecular weight excluding hydrogens is 383 g/mol. The van der Waals surface area contributed by atoms with E-state index in [4.69, 9.17) is 9.47 Å². The maximum Gasteiger partial charge on any atom is 0.193 e. The van der Waals surface area contributed by atoms with E-state index in [9.17, 15) is 0 Å². The summed E-state index contributed by atoms with van der Waals surface area (Å²) in [6.45, 7) is 6.55. The second kappa shape index (κ2) is 12.4. The third-order valence-electron chi connectivity index (χ3n) is 3.65. The zero-order valence-electron chi connectivity index (χ0n) is 13.8. The maximum absolute atomic E-state index is 5.23. The Morgan fingerprint density at radius 1 is 1.33 bits per heavy atom. The minimum Gasteiger partial charge on any atom is -0.384 e. The molecule has 1 fully saturated rings. The van der Waals surface area contributed by atoms with Gasteiger partial charge in [0, 0.05) is 59.9 Å². The van der Waals surface area contributed by atoms with Crippen LogP contribution in [0, 0.1) is 5.92 Å². The first-order valence-corrected chi connectivity index (χ1v) is 7.33. The molecule has 1 aliphatic heterocycles. The molecule has 1 unspecified atom stereocenters. The molecule has 0 amide bonds. The van der Waals surface area contributed by atoms with Crippen LogP contribution in [0.15, 0.2) is 4.99 Å². The normalized spacial score (nSPS) is 19.0. The third kappa shape index (κ3) is 8.18. The lowest BCUT2D eigenvalue weighted by Crippen LogP contribution is -2.43. The number of hydrogen-bond acceptors (Lipinski definition) is 4. The highest BCUT2D eigenvalue weighted by molar-refractivity contribution is 14.0. The molecule has 0 saturated carbocycles. The summed E-state index contributed by atoms with van der Waals surface area (Å²) in [6, 6.07) is 0. The number of nitrogens with one attached hydrogen (secondary N) is 1. The van der Waals surface area contributed by atoms with Gasteiger partial charge in [0.2, 0.25) is 0 Å². The SMILES string of the molecule is CN=C(NCCN(C)CCOC)N1CCC(COC)C1.I. The Bertz CT molecular complexity index is 292. The molecule has 0 bridgehead atoms. The molecular formula is C14H31IN4O2. The molecule has 0 aromatic carbocycles. The number of halogens is 1. The summed E-state index contributed by atoms with van der Waals surface area (Å²) in [5.41, 5.74) is 0.